The molecule has 0 aliphatic heterocycles. The van der Waals surface area contributed by atoms with Crippen molar-refractivity contribution in [1.29, 1.82) is 0 Å². The van der Waals surface area contributed by atoms with Gasteiger partial charge >= 0.3 is 0 Å². The fraction of sp³-hybridized carbons (Fsp3) is 0.143. The third-order valence-corrected chi connectivity index (χ3v) is 5.34. The van der Waals surface area contributed by atoms with Crippen molar-refractivity contribution in [3.05, 3.63) is 76.6 Å². The van der Waals surface area contributed by atoms with Gasteiger partial charge in [-0.1, -0.05) is 24.6 Å². The summed E-state index contributed by atoms with van der Waals surface area (Å²) in [7, 11) is 0. The average Bonchev–Trinajstić information content (AvgIpc) is 3.30. The zero-order valence-electron chi connectivity index (χ0n) is 17.0. The molecule has 1 unspecified atom stereocenters. The Morgan fingerprint density at radius 2 is 2.09 bits per heavy atom. The minimum absolute atomic E-state index is 0.311. The first-order valence-electron chi connectivity index (χ1n) is 9.94. The molecule has 1 aromatic carbocycles. The number of benzene rings is 1. The predicted octanol–water partition coefficient (Wildman–Crippen LogP) is 3.55. The van der Waals surface area contributed by atoms with Crippen LogP contribution in [0.15, 0.2) is 60.2 Å². The van der Waals surface area contributed by atoms with Crippen molar-refractivity contribution in [3.63, 3.8) is 0 Å². The lowest BCUT2D eigenvalue weighted by Crippen LogP contribution is -2.34. The van der Waals surface area contributed by atoms with Gasteiger partial charge in [-0.25, -0.2) is 24.6 Å². The van der Waals surface area contributed by atoms with Gasteiger partial charge in [-0.2, -0.15) is 0 Å². The number of hydrogen-bond acceptors (Lipinski definition) is 8. The Bertz CT molecular complexity index is 1470. The SMILES string of the molecule is CCC(Nc1ncnc2nc[nH]c12)c1nc2cccc(Cl)c2c(=O)n1Nc1cccnc1. The quantitative estimate of drug-likeness (QED) is 0.360. The van der Waals surface area contributed by atoms with E-state index in [1.165, 1.54) is 11.0 Å². The minimum Gasteiger partial charge on any atom is -0.358 e. The first-order valence-corrected chi connectivity index (χ1v) is 10.3. The molecule has 160 valence electrons. The number of aromatic amines is 1. The zero-order chi connectivity index (χ0) is 22.1. The number of halogens is 1. The molecule has 3 N–H and O–H groups in total. The molecule has 5 aromatic rings. The maximum atomic E-state index is 13.5. The number of pyridine rings is 1. The Labute approximate surface area is 186 Å². The van der Waals surface area contributed by atoms with Gasteiger partial charge in [0.15, 0.2) is 17.3 Å². The second-order valence-electron chi connectivity index (χ2n) is 7.03. The molecule has 0 saturated carbocycles. The highest BCUT2D eigenvalue weighted by Gasteiger charge is 2.22. The fourth-order valence-electron chi connectivity index (χ4n) is 3.50. The van der Waals surface area contributed by atoms with Gasteiger partial charge in [0.1, 0.15) is 11.8 Å². The van der Waals surface area contributed by atoms with Crippen LogP contribution < -0.4 is 16.3 Å². The summed E-state index contributed by atoms with van der Waals surface area (Å²) in [6.07, 6.45) is 6.90. The number of anilines is 2. The van der Waals surface area contributed by atoms with Crippen molar-refractivity contribution in [3.8, 4) is 0 Å². The van der Waals surface area contributed by atoms with Crippen molar-refractivity contribution in [2.75, 3.05) is 10.7 Å². The van der Waals surface area contributed by atoms with Gasteiger partial charge in [-0.3, -0.25) is 15.2 Å². The number of rotatable bonds is 6. The number of H-pyrrole nitrogens is 1. The summed E-state index contributed by atoms with van der Waals surface area (Å²) in [5.74, 6) is 1.04. The monoisotopic (exact) mass is 447 g/mol. The van der Waals surface area contributed by atoms with E-state index in [0.717, 1.165) is 0 Å². The van der Waals surface area contributed by atoms with Crippen molar-refractivity contribution in [2.24, 2.45) is 0 Å². The summed E-state index contributed by atoms with van der Waals surface area (Å²) < 4.78 is 1.40. The largest absolute Gasteiger partial charge is 0.358 e. The normalized spacial score (nSPS) is 12.2. The smallest absolute Gasteiger partial charge is 0.281 e. The van der Waals surface area contributed by atoms with Gasteiger partial charge in [0.2, 0.25) is 0 Å². The van der Waals surface area contributed by atoms with Crippen molar-refractivity contribution < 1.29 is 0 Å². The molecule has 0 fully saturated rings. The molecular formula is C21H18ClN9O. The molecule has 1 atom stereocenters. The van der Waals surface area contributed by atoms with Gasteiger partial charge in [0.05, 0.1) is 40.2 Å². The highest BCUT2D eigenvalue weighted by molar-refractivity contribution is 6.35. The lowest BCUT2D eigenvalue weighted by molar-refractivity contribution is 0.640. The van der Waals surface area contributed by atoms with Gasteiger partial charge < -0.3 is 10.3 Å². The lowest BCUT2D eigenvalue weighted by Gasteiger charge is -2.22. The zero-order valence-corrected chi connectivity index (χ0v) is 17.7. The number of imidazole rings is 1. The Morgan fingerprint density at radius 1 is 1.19 bits per heavy atom. The maximum Gasteiger partial charge on any atom is 0.281 e. The van der Waals surface area contributed by atoms with Crippen LogP contribution in [0.4, 0.5) is 11.5 Å². The Balaban J connectivity index is 1.67. The third kappa shape index (κ3) is 3.50. The van der Waals surface area contributed by atoms with E-state index in [2.05, 4.69) is 35.7 Å². The van der Waals surface area contributed by atoms with Crippen LogP contribution in [0.1, 0.15) is 25.2 Å². The van der Waals surface area contributed by atoms with E-state index in [0.29, 0.717) is 50.8 Å². The molecule has 10 nitrogen and oxygen atoms in total. The summed E-state index contributed by atoms with van der Waals surface area (Å²) in [6, 6.07) is 8.44. The molecule has 0 aliphatic carbocycles. The molecule has 0 radical (unpaired) electrons. The lowest BCUT2D eigenvalue weighted by atomic mass is 10.1. The Morgan fingerprint density at radius 3 is 2.91 bits per heavy atom. The summed E-state index contributed by atoms with van der Waals surface area (Å²) in [5, 5.41) is 4.05. The Kier molecular flexibility index (Phi) is 5.12. The third-order valence-electron chi connectivity index (χ3n) is 5.03. The second-order valence-corrected chi connectivity index (χ2v) is 7.43. The number of nitrogens with zero attached hydrogens (tertiary/aromatic N) is 6. The summed E-state index contributed by atoms with van der Waals surface area (Å²) in [4.78, 5) is 38.1. The first-order chi connectivity index (χ1) is 15.7. The molecule has 0 saturated heterocycles. The van der Waals surface area contributed by atoms with E-state index in [1.54, 1.807) is 43.0 Å². The molecule has 4 heterocycles. The molecule has 0 bridgehead atoms. The standard InChI is InChI=1S/C21H18ClN9O/c1-2-14(28-19-17-18(25-10-24-17)26-11-27-19)20-29-15-7-3-6-13(22)16(15)21(32)31(20)30-12-5-4-8-23-9-12/h3-11,14,30H,2H2,1H3,(H2,24,25,26,27,28). The van der Waals surface area contributed by atoms with Gasteiger partial charge in [-0.05, 0) is 30.7 Å². The topological polar surface area (TPSA) is 126 Å². The molecule has 11 heteroatoms. The second kappa shape index (κ2) is 8.23. The number of aromatic nitrogens is 7. The predicted molar refractivity (Wildman–Crippen MR) is 123 cm³/mol. The minimum atomic E-state index is -0.364. The first kappa shape index (κ1) is 19.9. The molecule has 0 amide bonds. The number of fused-ring (bicyclic) bond motifs is 2. The van der Waals surface area contributed by atoms with Crippen LogP contribution in [0, 0.1) is 0 Å². The molecule has 0 aliphatic rings. The highest BCUT2D eigenvalue weighted by Crippen LogP contribution is 2.26. The van der Waals surface area contributed by atoms with Crippen LogP contribution in [0.5, 0.6) is 0 Å². The average molecular weight is 448 g/mol. The highest BCUT2D eigenvalue weighted by atomic mass is 35.5. The number of hydrogen-bond donors (Lipinski definition) is 3. The fourth-order valence-corrected chi connectivity index (χ4v) is 3.75. The summed E-state index contributed by atoms with van der Waals surface area (Å²) >= 11 is 6.35. The molecular weight excluding hydrogens is 430 g/mol. The van der Waals surface area contributed by atoms with E-state index >= 15 is 0 Å². The van der Waals surface area contributed by atoms with Crippen molar-refractivity contribution >= 4 is 45.2 Å². The van der Waals surface area contributed by atoms with Crippen LogP contribution in [-0.2, 0) is 0 Å². The molecule has 0 spiro atoms. The van der Waals surface area contributed by atoms with E-state index < -0.39 is 0 Å². The van der Waals surface area contributed by atoms with Crippen LogP contribution in [0.3, 0.4) is 0 Å². The Hall–Kier alpha value is -4.05. The van der Waals surface area contributed by atoms with E-state index in [9.17, 15) is 4.79 Å². The maximum absolute atomic E-state index is 13.5. The van der Waals surface area contributed by atoms with Crippen LogP contribution >= 0.6 is 11.6 Å². The van der Waals surface area contributed by atoms with E-state index in [-0.39, 0.29) is 11.6 Å². The summed E-state index contributed by atoms with van der Waals surface area (Å²) in [6.45, 7) is 1.99. The van der Waals surface area contributed by atoms with E-state index in [1.807, 2.05) is 13.0 Å². The number of nitrogens with one attached hydrogen (secondary N) is 3. The van der Waals surface area contributed by atoms with Crippen molar-refractivity contribution in [2.45, 2.75) is 19.4 Å². The van der Waals surface area contributed by atoms with Gasteiger partial charge in [0.25, 0.3) is 5.56 Å². The van der Waals surface area contributed by atoms with Crippen molar-refractivity contribution in [1.82, 2.24) is 34.6 Å². The van der Waals surface area contributed by atoms with E-state index in [4.69, 9.17) is 16.6 Å². The van der Waals surface area contributed by atoms with Crippen LogP contribution in [-0.4, -0.2) is 34.6 Å². The van der Waals surface area contributed by atoms with Gasteiger partial charge in [-0.15, -0.1) is 0 Å². The summed E-state index contributed by atoms with van der Waals surface area (Å²) in [5.41, 5.74) is 5.17. The van der Waals surface area contributed by atoms with Crippen LogP contribution in [0.2, 0.25) is 5.02 Å². The van der Waals surface area contributed by atoms with Gasteiger partial charge in [0, 0.05) is 6.20 Å². The van der Waals surface area contributed by atoms with Crippen LogP contribution in [0.25, 0.3) is 22.1 Å². The molecule has 4 aromatic heterocycles. The molecule has 5 rings (SSSR count). The molecule has 32 heavy (non-hydrogen) atoms.